The summed E-state index contributed by atoms with van der Waals surface area (Å²) < 4.78 is 15.5. The summed E-state index contributed by atoms with van der Waals surface area (Å²) in [6, 6.07) is 26.6. The number of carbonyl (C=O) groups excluding carboxylic acids is 2. The van der Waals surface area contributed by atoms with E-state index in [1.165, 1.54) is 0 Å². The summed E-state index contributed by atoms with van der Waals surface area (Å²) in [5, 5.41) is 10.7. The van der Waals surface area contributed by atoms with Gasteiger partial charge in [-0.1, -0.05) is 30.6 Å². The first-order valence-electron chi connectivity index (χ1n) is 10.8. The van der Waals surface area contributed by atoms with Gasteiger partial charge >= 0.3 is 11.9 Å². The van der Waals surface area contributed by atoms with Crippen molar-refractivity contribution in [3.05, 3.63) is 120 Å². The van der Waals surface area contributed by atoms with E-state index in [0.29, 0.717) is 22.6 Å². The summed E-state index contributed by atoms with van der Waals surface area (Å²) in [6.45, 7) is 3.04. The summed E-state index contributed by atoms with van der Waals surface area (Å²) in [5.41, 5.74) is 2.61. The van der Waals surface area contributed by atoms with Gasteiger partial charge in [-0.3, -0.25) is 0 Å². The van der Waals surface area contributed by atoms with Crippen molar-refractivity contribution >= 4 is 22.7 Å². The van der Waals surface area contributed by atoms with Crippen molar-refractivity contribution in [1.29, 1.82) is 5.26 Å². The molecule has 0 atom stereocenters. The molecule has 4 aromatic rings. The van der Waals surface area contributed by atoms with Crippen LogP contribution in [0.3, 0.4) is 0 Å². The van der Waals surface area contributed by atoms with Gasteiger partial charge in [-0.15, -0.1) is 0 Å². The van der Waals surface area contributed by atoms with Crippen molar-refractivity contribution in [1.82, 2.24) is 0 Å². The Morgan fingerprint density at radius 2 is 1.39 bits per heavy atom. The van der Waals surface area contributed by atoms with Gasteiger partial charge in [0.05, 0.1) is 17.2 Å². The molecule has 0 spiro atoms. The van der Waals surface area contributed by atoms with Crippen LogP contribution in [0.25, 0.3) is 10.8 Å². The van der Waals surface area contributed by atoms with E-state index >= 15 is 0 Å². The third-order valence-electron chi connectivity index (χ3n) is 5.07. The van der Waals surface area contributed by atoms with E-state index in [1.807, 2.05) is 36.4 Å². The summed E-state index contributed by atoms with van der Waals surface area (Å²) in [6.07, 6.45) is 1.04. The van der Waals surface area contributed by atoms with Gasteiger partial charge in [-0.05, 0) is 83.6 Å². The predicted octanol–water partition coefficient (Wildman–Crippen LogP) is 5.40. The van der Waals surface area contributed by atoms with E-state index in [2.05, 4.69) is 24.5 Å². The van der Waals surface area contributed by atoms with Gasteiger partial charge in [0.2, 0.25) is 6.79 Å². The molecule has 0 amide bonds. The van der Waals surface area contributed by atoms with E-state index in [9.17, 15) is 9.59 Å². The van der Waals surface area contributed by atoms with Crippen LogP contribution in [0.1, 0.15) is 27.0 Å². The number of nitrogens with zero attached hydrogens (tertiary/aromatic N) is 1. The van der Waals surface area contributed by atoms with E-state index in [-0.39, 0.29) is 6.79 Å². The molecule has 174 valence electrons. The second-order valence-electron chi connectivity index (χ2n) is 7.51. The number of fused-ring (bicyclic) bond motifs is 1. The second kappa shape index (κ2) is 11.2. The minimum absolute atomic E-state index is 0.255. The number of hydrogen-bond donors (Lipinski definition) is 0. The fourth-order valence-electron chi connectivity index (χ4n) is 3.21. The smallest absolute Gasteiger partial charge is 0.343 e. The monoisotopic (exact) mass is 473 g/mol. The van der Waals surface area contributed by atoms with Crippen LogP contribution in [0.4, 0.5) is 0 Å². The van der Waals surface area contributed by atoms with Gasteiger partial charge in [0.25, 0.3) is 0 Å². The summed E-state index contributed by atoms with van der Waals surface area (Å²) in [5.74, 6) is 5.98. The molecule has 0 aliphatic rings. The average molecular weight is 473 g/mol. The molecule has 0 fully saturated rings. The zero-order valence-corrected chi connectivity index (χ0v) is 19.1. The van der Waals surface area contributed by atoms with Gasteiger partial charge in [0.1, 0.15) is 11.5 Å². The van der Waals surface area contributed by atoms with Crippen LogP contribution in [-0.4, -0.2) is 18.7 Å². The fourth-order valence-corrected chi connectivity index (χ4v) is 3.21. The molecule has 0 aliphatic heterocycles. The molecule has 0 aromatic heterocycles. The van der Waals surface area contributed by atoms with E-state index in [0.717, 1.165) is 28.0 Å². The van der Waals surface area contributed by atoms with Gasteiger partial charge in [0.15, 0.2) is 0 Å². The molecule has 0 unspecified atom stereocenters. The van der Waals surface area contributed by atoms with Gasteiger partial charge in [-0.25, -0.2) is 9.59 Å². The lowest BCUT2D eigenvalue weighted by Crippen LogP contribution is -2.09. The number of hydrogen-bond acceptors (Lipinski definition) is 6. The molecule has 0 heterocycles. The zero-order chi connectivity index (χ0) is 25.3. The lowest BCUT2D eigenvalue weighted by molar-refractivity contribution is -0.144. The molecule has 0 N–H and O–H groups in total. The zero-order valence-electron chi connectivity index (χ0n) is 19.1. The van der Waals surface area contributed by atoms with Crippen LogP contribution in [0.15, 0.2) is 97.6 Å². The number of rotatable bonds is 6. The van der Waals surface area contributed by atoms with Crippen molar-refractivity contribution in [2.75, 3.05) is 6.79 Å². The largest absolute Gasteiger partial charge is 0.457 e. The highest BCUT2D eigenvalue weighted by Crippen LogP contribution is 2.23. The molecular formula is C30H19NO5. The number of ether oxygens (including phenoxy) is 3. The van der Waals surface area contributed by atoms with E-state index in [1.54, 1.807) is 48.5 Å². The molecule has 0 aliphatic carbocycles. The Morgan fingerprint density at radius 1 is 0.778 bits per heavy atom. The van der Waals surface area contributed by atoms with Gasteiger partial charge in [-0.2, -0.15) is 5.26 Å². The predicted molar refractivity (Wildman–Crippen MR) is 134 cm³/mol. The number of carbonyl (C=O) groups is 2. The topological polar surface area (TPSA) is 85.6 Å². The minimum atomic E-state index is -0.585. The van der Waals surface area contributed by atoms with Crippen molar-refractivity contribution in [3.63, 3.8) is 0 Å². The average Bonchev–Trinajstić information content (AvgIpc) is 2.92. The van der Waals surface area contributed by atoms with Crippen molar-refractivity contribution in [2.24, 2.45) is 0 Å². The first-order valence-corrected chi connectivity index (χ1v) is 10.8. The number of esters is 2. The Hall–Kier alpha value is -5.33. The third kappa shape index (κ3) is 6.17. The number of nitriles is 1. The highest BCUT2D eigenvalue weighted by Gasteiger charge is 2.10. The molecule has 0 radical (unpaired) electrons. The van der Waals surface area contributed by atoms with Crippen molar-refractivity contribution < 1.29 is 23.8 Å². The minimum Gasteiger partial charge on any atom is -0.457 e. The standard InChI is InChI=1S/C30H19NO5/c1-2-29(32)35-20-34-27-14-11-24(12-15-27)30(33)36-28-16-13-25-17-22(9-10-26(25)18-28)6-3-21-4-7-23(19-31)8-5-21/h2,4-5,7-18H,1,20H2. The Balaban J connectivity index is 1.39. The van der Waals surface area contributed by atoms with Crippen molar-refractivity contribution in [2.45, 2.75) is 0 Å². The normalized spacial score (nSPS) is 9.86. The molecular weight excluding hydrogens is 454 g/mol. The van der Waals surface area contributed by atoms with Crippen LogP contribution in [0.5, 0.6) is 11.5 Å². The molecule has 6 heteroatoms. The van der Waals surface area contributed by atoms with Gasteiger partial charge < -0.3 is 14.2 Å². The molecule has 0 saturated carbocycles. The molecule has 36 heavy (non-hydrogen) atoms. The third-order valence-corrected chi connectivity index (χ3v) is 5.07. The maximum Gasteiger partial charge on any atom is 0.343 e. The highest BCUT2D eigenvalue weighted by molar-refractivity contribution is 5.92. The summed E-state index contributed by atoms with van der Waals surface area (Å²) in [4.78, 5) is 23.6. The fraction of sp³-hybridized carbons (Fsp3) is 0.0333. The first kappa shape index (κ1) is 23.8. The van der Waals surface area contributed by atoms with E-state index in [4.69, 9.17) is 19.5 Å². The SMILES string of the molecule is C=CC(=O)OCOc1ccc(C(=O)Oc2ccc3cc(C#Cc4ccc(C#N)cc4)ccc3c2)cc1. The molecule has 4 aromatic carbocycles. The second-order valence-corrected chi connectivity index (χ2v) is 7.51. The van der Waals surface area contributed by atoms with Crippen molar-refractivity contribution in [3.8, 4) is 29.4 Å². The molecule has 0 saturated heterocycles. The Labute approximate surface area is 208 Å². The maximum absolute atomic E-state index is 12.5. The van der Waals surface area contributed by atoms with Gasteiger partial charge in [0, 0.05) is 17.2 Å². The Bertz CT molecular complexity index is 1540. The van der Waals surface area contributed by atoms with Crippen LogP contribution in [0, 0.1) is 23.2 Å². The Morgan fingerprint density at radius 3 is 2.11 bits per heavy atom. The first-order chi connectivity index (χ1) is 17.5. The molecule has 0 bridgehead atoms. The summed E-state index contributed by atoms with van der Waals surface area (Å²) >= 11 is 0. The molecule has 6 nitrogen and oxygen atoms in total. The lowest BCUT2D eigenvalue weighted by Gasteiger charge is -2.08. The quantitative estimate of drug-likeness (QED) is 0.123. The van der Waals surface area contributed by atoms with Crippen LogP contribution < -0.4 is 9.47 Å². The highest BCUT2D eigenvalue weighted by atomic mass is 16.7. The molecule has 4 rings (SSSR count). The van der Waals surface area contributed by atoms with E-state index < -0.39 is 11.9 Å². The number of benzene rings is 4. The van der Waals surface area contributed by atoms with Crippen LogP contribution >= 0.6 is 0 Å². The maximum atomic E-state index is 12.5. The van der Waals surface area contributed by atoms with Crippen LogP contribution in [0.2, 0.25) is 0 Å². The Kier molecular flexibility index (Phi) is 7.41. The lowest BCUT2D eigenvalue weighted by atomic mass is 10.1. The van der Waals surface area contributed by atoms with Crippen LogP contribution in [-0.2, 0) is 9.53 Å². The summed E-state index contributed by atoms with van der Waals surface area (Å²) in [7, 11) is 0.